The smallest absolute Gasteiger partial charge is 0.144 e. The maximum atomic E-state index is 5.77. The first-order chi connectivity index (χ1) is 8.83. The zero-order chi connectivity index (χ0) is 12.4. The van der Waals surface area contributed by atoms with Crippen molar-refractivity contribution in [1.82, 2.24) is 15.0 Å². The molecular weight excluding hydrogens is 244 g/mol. The van der Waals surface area contributed by atoms with Crippen LogP contribution in [0, 0.1) is 0 Å². The van der Waals surface area contributed by atoms with Crippen LogP contribution >= 0.6 is 11.3 Å². The molecule has 0 aliphatic rings. The number of hydrogen-bond donors (Lipinski definition) is 1. The molecule has 0 atom stereocenters. The summed E-state index contributed by atoms with van der Waals surface area (Å²) in [7, 11) is 0. The summed E-state index contributed by atoms with van der Waals surface area (Å²) in [5.74, 6) is 0. The molecule has 0 unspecified atom stereocenters. The molecule has 1 aromatic carbocycles. The Bertz CT molecular complexity index is 664. The fraction of sp³-hybridized carbons (Fsp3) is 0. The number of anilines is 1. The Morgan fingerprint density at radius 1 is 1.11 bits per heavy atom. The maximum absolute atomic E-state index is 5.77. The lowest BCUT2D eigenvalue weighted by Crippen LogP contribution is -1.86. The van der Waals surface area contributed by atoms with Crippen molar-refractivity contribution in [2.75, 3.05) is 5.73 Å². The minimum atomic E-state index is 0.738. The van der Waals surface area contributed by atoms with Crippen LogP contribution in [0.5, 0.6) is 0 Å². The van der Waals surface area contributed by atoms with Gasteiger partial charge >= 0.3 is 0 Å². The number of nitrogen functional groups attached to an aromatic ring is 1. The molecule has 3 rings (SSSR count). The van der Waals surface area contributed by atoms with E-state index in [1.807, 2.05) is 29.6 Å². The van der Waals surface area contributed by atoms with Crippen molar-refractivity contribution in [3.8, 4) is 22.0 Å². The summed E-state index contributed by atoms with van der Waals surface area (Å²) in [4.78, 5) is 12.8. The number of rotatable bonds is 2. The second kappa shape index (κ2) is 4.54. The number of nitrogens with zero attached hydrogens (tertiary/aromatic N) is 3. The van der Waals surface area contributed by atoms with Crippen LogP contribution in [0.2, 0.25) is 0 Å². The Morgan fingerprint density at radius 3 is 2.83 bits per heavy atom. The van der Waals surface area contributed by atoms with Crippen molar-refractivity contribution in [1.29, 1.82) is 0 Å². The molecule has 18 heavy (non-hydrogen) atoms. The number of benzene rings is 1. The Hall–Kier alpha value is -2.27. The van der Waals surface area contributed by atoms with Gasteiger partial charge in [-0.25, -0.2) is 4.98 Å². The van der Waals surface area contributed by atoms with Crippen molar-refractivity contribution >= 4 is 17.0 Å². The van der Waals surface area contributed by atoms with Gasteiger partial charge in [-0.15, -0.1) is 11.3 Å². The first kappa shape index (κ1) is 10.9. The standard InChI is InChI=1S/C13H10N4S/c14-10-3-1-2-9(6-10)12-8-18-13(17-12)11-7-15-4-5-16-11/h1-8H,14H2. The lowest BCUT2D eigenvalue weighted by atomic mass is 10.1. The summed E-state index contributed by atoms with van der Waals surface area (Å²) >= 11 is 1.55. The van der Waals surface area contributed by atoms with E-state index in [1.54, 1.807) is 29.9 Å². The normalized spacial score (nSPS) is 10.4. The first-order valence-corrected chi connectivity index (χ1v) is 6.29. The number of nitrogens with two attached hydrogens (primary N) is 1. The predicted molar refractivity (Wildman–Crippen MR) is 73.0 cm³/mol. The fourth-order valence-corrected chi connectivity index (χ4v) is 2.42. The SMILES string of the molecule is Nc1cccc(-c2csc(-c3cnccn3)n2)c1. The molecule has 4 nitrogen and oxygen atoms in total. The predicted octanol–water partition coefficient (Wildman–Crippen LogP) is 2.85. The van der Waals surface area contributed by atoms with Crippen LogP contribution < -0.4 is 5.73 Å². The van der Waals surface area contributed by atoms with E-state index in [-0.39, 0.29) is 0 Å². The molecule has 2 N–H and O–H groups in total. The van der Waals surface area contributed by atoms with E-state index >= 15 is 0 Å². The van der Waals surface area contributed by atoms with Crippen molar-refractivity contribution in [3.05, 3.63) is 48.2 Å². The fourth-order valence-electron chi connectivity index (χ4n) is 1.63. The third-order valence-corrected chi connectivity index (χ3v) is 3.33. The van der Waals surface area contributed by atoms with Gasteiger partial charge in [-0.2, -0.15) is 0 Å². The van der Waals surface area contributed by atoms with Crippen LogP contribution in [-0.4, -0.2) is 15.0 Å². The van der Waals surface area contributed by atoms with Crippen molar-refractivity contribution in [3.63, 3.8) is 0 Å². The van der Waals surface area contributed by atoms with Gasteiger partial charge in [-0.1, -0.05) is 12.1 Å². The molecule has 0 saturated carbocycles. The van der Waals surface area contributed by atoms with Crippen LogP contribution in [0.1, 0.15) is 0 Å². The minimum absolute atomic E-state index is 0.738. The molecule has 0 saturated heterocycles. The lowest BCUT2D eigenvalue weighted by molar-refractivity contribution is 1.19. The monoisotopic (exact) mass is 254 g/mol. The highest BCUT2D eigenvalue weighted by Gasteiger charge is 2.07. The van der Waals surface area contributed by atoms with E-state index in [2.05, 4.69) is 15.0 Å². The molecule has 5 heteroatoms. The van der Waals surface area contributed by atoms with Gasteiger partial charge in [-0.05, 0) is 12.1 Å². The van der Waals surface area contributed by atoms with Crippen molar-refractivity contribution < 1.29 is 0 Å². The Balaban J connectivity index is 2.00. The van der Waals surface area contributed by atoms with E-state index in [1.165, 1.54) is 0 Å². The van der Waals surface area contributed by atoms with Gasteiger partial charge in [-0.3, -0.25) is 9.97 Å². The van der Waals surface area contributed by atoms with Gasteiger partial charge in [0.15, 0.2) is 0 Å². The molecular formula is C13H10N4S. The molecule has 2 aromatic heterocycles. The van der Waals surface area contributed by atoms with Crippen LogP contribution in [0.4, 0.5) is 5.69 Å². The largest absolute Gasteiger partial charge is 0.399 e. The Labute approximate surface area is 108 Å². The van der Waals surface area contributed by atoms with Gasteiger partial charge in [0.05, 0.1) is 11.9 Å². The molecule has 0 bridgehead atoms. The van der Waals surface area contributed by atoms with Gasteiger partial charge in [0.1, 0.15) is 10.7 Å². The highest BCUT2D eigenvalue weighted by Crippen LogP contribution is 2.27. The average Bonchev–Trinajstić information content (AvgIpc) is 2.89. The lowest BCUT2D eigenvalue weighted by Gasteiger charge is -1.97. The summed E-state index contributed by atoms with van der Waals surface area (Å²) in [6, 6.07) is 7.69. The topological polar surface area (TPSA) is 64.7 Å². The Kier molecular flexibility index (Phi) is 2.74. The number of hydrogen-bond acceptors (Lipinski definition) is 5. The maximum Gasteiger partial charge on any atom is 0.144 e. The van der Waals surface area contributed by atoms with Crippen LogP contribution in [0.25, 0.3) is 22.0 Å². The van der Waals surface area contributed by atoms with Gasteiger partial charge in [0.2, 0.25) is 0 Å². The second-order valence-electron chi connectivity index (χ2n) is 3.75. The minimum Gasteiger partial charge on any atom is -0.399 e. The number of aromatic nitrogens is 3. The number of thiazole rings is 1. The summed E-state index contributed by atoms with van der Waals surface area (Å²) in [5.41, 5.74) is 9.22. The molecule has 0 aliphatic carbocycles. The van der Waals surface area contributed by atoms with E-state index in [9.17, 15) is 0 Å². The third kappa shape index (κ3) is 2.08. The van der Waals surface area contributed by atoms with Crippen LogP contribution in [0.15, 0.2) is 48.2 Å². The molecule has 0 amide bonds. The molecule has 0 aliphatic heterocycles. The third-order valence-electron chi connectivity index (χ3n) is 2.47. The first-order valence-electron chi connectivity index (χ1n) is 5.41. The molecule has 0 spiro atoms. The van der Waals surface area contributed by atoms with E-state index in [4.69, 9.17) is 5.73 Å². The highest BCUT2D eigenvalue weighted by molar-refractivity contribution is 7.13. The van der Waals surface area contributed by atoms with Crippen LogP contribution in [0.3, 0.4) is 0 Å². The molecule has 88 valence electrons. The zero-order valence-electron chi connectivity index (χ0n) is 9.45. The molecule has 2 heterocycles. The Morgan fingerprint density at radius 2 is 2.06 bits per heavy atom. The molecule has 3 aromatic rings. The summed E-state index contributed by atoms with van der Waals surface area (Å²) in [5, 5.41) is 2.86. The summed E-state index contributed by atoms with van der Waals surface area (Å²) in [6.07, 6.45) is 5.02. The summed E-state index contributed by atoms with van der Waals surface area (Å²) < 4.78 is 0. The molecule has 0 fully saturated rings. The van der Waals surface area contributed by atoms with E-state index in [0.717, 1.165) is 27.6 Å². The quantitative estimate of drug-likeness (QED) is 0.714. The average molecular weight is 254 g/mol. The zero-order valence-corrected chi connectivity index (χ0v) is 10.3. The van der Waals surface area contributed by atoms with E-state index in [0.29, 0.717) is 0 Å². The van der Waals surface area contributed by atoms with Gasteiger partial charge < -0.3 is 5.73 Å². The molecule has 0 radical (unpaired) electrons. The highest BCUT2D eigenvalue weighted by atomic mass is 32.1. The van der Waals surface area contributed by atoms with Crippen molar-refractivity contribution in [2.24, 2.45) is 0 Å². The second-order valence-corrected chi connectivity index (χ2v) is 4.61. The van der Waals surface area contributed by atoms with Crippen molar-refractivity contribution in [2.45, 2.75) is 0 Å². The van der Waals surface area contributed by atoms with Gasteiger partial charge in [0.25, 0.3) is 0 Å². The van der Waals surface area contributed by atoms with E-state index < -0.39 is 0 Å². The van der Waals surface area contributed by atoms with Gasteiger partial charge in [0, 0.05) is 29.0 Å². The van der Waals surface area contributed by atoms with Crippen LogP contribution in [-0.2, 0) is 0 Å². The summed E-state index contributed by atoms with van der Waals surface area (Å²) in [6.45, 7) is 0.